The van der Waals surface area contributed by atoms with E-state index < -0.39 is 0 Å². The first-order valence-corrected chi connectivity index (χ1v) is 7.86. The van der Waals surface area contributed by atoms with Gasteiger partial charge in [-0.3, -0.25) is 4.79 Å². The van der Waals surface area contributed by atoms with Crippen molar-refractivity contribution >= 4 is 11.7 Å². The summed E-state index contributed by atoms with van der Waals surface area (Å²) in [5.41, 5.74) is 1.65. The number of anilines is 1. The highest BCUT2D eigenvalue weighted by molar-refractivity contribution is 5.95. The van der Waals surface area contributed by atoms with Gasteiger partial charge in [0, 0.05) is 23.8 Å². The lowest BCUT2D eigenvalue weighted by molar-refractivity contribution is 0.0916. The highest BCUT2D eigenvalue weighted by atomic mass is 16.1. The van der Waals surface area contributed by atoms with E-state index >= 15 is 0 Å². The molecule has 0 aromatic carbocycles. The van der Waals surface area contributed by atoms with Crippen LogP contribution in [0.5, 0.6) is 0 Å². The van der Waals surface area contributed by atoms with Crippen molar-refractivity contribution in [2.75, 3.05) is 32.0 Å². The summed E-state index contributed by atoms with van der Waals surface area (Å²) < 4.78 is 0. The Balaban J connectivity index is 2.05. The molecule has 21 heavy (non-hydrogen) atoms. The second-order valence-corrected chi connectivity index (χ2v) is 5.67. The van der Waals surface area contributed by atoms with E-state index in [2.05, 4.69) is 34.5 Å². The van der Waals surface area contributed by atoms with Crippen molar-refractivity contribution in [3.8, 4) is 0 Å². The molecule has 1 aromatic heterocycles. The van der Waals surface area contributed by atoms with Crippen LogP contribution >= 0.6 is 0 Å². The standard InChI is InChI=1S/C16H26N4O/c1-4-13-10-12(11-15(18-13)17-5-2)16(21)19-14-6-8-20(3)9-7-14/h10-11,14H,4-9H2,1-3H3,(H,17,18)(H,19,21). The van der Waals surface area contributed by atoms with Gasteiger partial charge >= 0.3 is 0 Å². The van der Waals surface area contributed by atoms with Gasteiger partial charge in [-0.15, -0.1) is 0 Å². The SMILES string of the molecule is CCNc1cc(C(=O)NC2CCN(C)CC2)cc(CC)n1. The van der Waals surface area contributed by atoms with Crippen LogP contribution in [0.25, 0.3) is 0 Å². The molecule has 0 unspecified atom stereocenters. The third-order valence-electron chi connectivity index (χ3n) is 3.91. The quantitative estimate of drug-likeness (QED) is 0.869. The van der Waals surface area contributed by atoms with Crippen molar-refractivity contribution in [3.63, 3.8) is 0 Å². The molecule has 2 heterocycles. The Kier molecular flexibility index (Phi) is 5.56. The number of hydrogen-bond acceptors (Lipinski definition) is 4. The summed E-state index contributed by atoms with van der Waals surface area (Å²) in [4.78, 5) is 19.2. The van der Waals surface area contributed by atoms with E-state index in [4.69, 9.17) is 0 Å². The van der Waals surface area contributed by atoms with Gasteiger partial charge in [-0.25, -0.2) is 4.98 Å². The van der Waals surface area contributed by atoms with Crippen molar-refractivity contribution < 1.29 is 4.79 Å². The lowest BCUT2D eigenvalue weighted by Gasteiger charge is -2.29. The number of pyridine rings is 1. The summed E-state index contributed by atoms with van der Waals surface area (Å²) >= 11 is 0. The zero-order chi connectivity index (χ0) is 15.2. The van der Waals surface area contributed by atoms with Crippen LogP contribution in [0.4, 0.5) is 5.82 Å². The summed E-state index contributed by atoms with van der Waals surface area (Å²) in [5, 5.41) is 6.34. The van der Waals surface area contributed by atoms with Gasteiger partial charge in [0.15, 0.2) is 0 Å². The van der Waals surface area contributed by atoms with E-state index in [0.717, 1.165) is 50.4 Å². The first-order chi connectivity index (χ1) is 10.1. The number of nitrogens with one attached hydrogen (secondary N) is 2. The smallest absolute Gasteiger partial charge is 0.251 e. The number of nitrogens with zero attached hydrogens (tertiary/aromatic N) is 2. The first kappa shape index (κ1) is 15.8. The fourth-order valence-electron chi connectivity index (χ4n) is 2.59. The van der Waals surface area contributed by atoms with Crippen molar-refractivity contribution in [1.82, 2.24) is 15.2 Å². The molecule has 1 saturated heterocycles. The zero-order valence-electron chi connectivity index (χ0n) is 13.3. The summed E-state index contributed by atoms with van der Waals surface area (Å²) in [7, 11) is 2.12. The third-order valence-corrected chi connectivity index (χ3v) is 3.91. The molecule has 1 aliphatic heterocycles. The van der Waals surface area contributed by atoms with E-state index in [0.29, 0.717) is 5.56 Å². The van der Waals surface area contributed by atoms with Crippen LogP contribution in [-0.4, -0.2) is 48.5 Å². The van der Waals surface area contributed by atoms with E-state index in [1.165, 1.54) is 0 Å². The highest BCUT2D eigenvalue weighted by Gasteiger charge is 2.19. The molecule has 0 atom stereocenters. The van der Waals surface area contributed by atoms with Crippen LogP contribution in [0.15, 0.2) is 12.1 Å². The molecule has 1 amide bonds. The number of likely N-dealkylation sites (tertiary alicyclic amines) is 1. The van der Waals surface area contributed by atoms with Crippen LogP contribution in [0.1, 0.15) is 42.7 Å². The van der Waals surface area contributed by atoms with Gasteiger partial charge in [-0.05, 0) is 58.5 Å². The molecule has 0 aliphatic carbocycles. The molecule has 1 aliphatic rings. The van der Waals surface area contributed by atoms with Crippen LogP contribution in [0.3, 0.4) is 0 Å². The molecule has 5 nitrogen and oxygen atoms in total. The number of rotatable bonds is 5. The minimum atomic E-state index is 0.0146. The molecule has 2 rings (SSSR count). The predicted octanol–water partition coefficient (Wildman–Crippen LogP) is 1.90. The van der Waals surface area contributed by atoms with Crippen LogP contribution in [-0.2, 0) is 6.42 Å². The van der Waals surface area contributed by atoms with Gasteiger partial charge in [0.2, 0.25) is 0 Å². The van der Waals surface area contributed by atoms with Crippen molar-refractivity contribution in [3.05, 3.63) is 23.4 Å². The van der Waals surface area contributed by atoms with Crippen molar-refractivity contribution in [1.29, 1.82) is 0 Å². The molecule has 2 N–H and O–H groups in total. The Morgan fingerprint density at radius 1 is 1.33 bits per heavy atom. The summed E-state index contributed by atoms with van der Waals surface area (Å²) in [6.07, 6.45) is 2.87. The topological polar surface area (TPSA) is 57.3 Å². The maximum Gasteiger partial charge on any atom is 0.251 e. The van der Waals surface area contributed by atoms with Crippen LogP contribution < -0.4 is 10.6 Å². The van der Waals surface area contributed by atoms with Crippen LogP contribution in [0, 0.1) is 0 Å². The molecule has 0 spiro atoms. The van der Waals surface area contributed by atoms with Gasteiger partial charge in [0.05, 0.1) is 0 Å². The molecular formula is C16H26N4O. The summed E-state index contributed by atoms with van der Waals surface area (Å²) in [6.45, 7) is 6.97. The molecule has 5 heteroatoms. The number of piperidine rings is 1. The van der Waals surface area contributed by atoms with Gasteiger partial charge in [-0.1, -0.05) is 6.92 Å². The summed E-state index contributed by atoms with van der Waals surface area (Å²) in [5.74, 6) is 0.797. The molecule has 0 saturated carbocycles. The third kappa shape index (κ3) is 4.43. The summed E-state index contributed by atoms with van der Waals surface area (Å²) in [6, 6.07) is 4.02. The Morgan fingerprint density at radius 3 is 2.67 bits per heavy atom. The number of aromatic nitrogens is 1. The van der Waals surface area contributed by atoms with Crippen LogP contribution in [0.2, 0.25) is 0 Å². The molecule has 116 valence electrons. The average molecular weight is 290 g/mol. The maximum atomic E-state index is 12.4. The molecule has 0 bridgehead atoms. The largest absolute Gasteiger partial charge is 0.370 e. The Morgan fingerprint density at radius 2 is 2.05 bits per heavy atom. The fraction of sp³-hybridized carbons (Fsp3) is 0.625. The van der Waals surface area contributed by atoms with Crippen molar-refractivity contribution in [2.24, 2.45) is 0 Å². The monoisotopic (exact) mass is 290 g/mol. The van der Waals surface area contributed by atoms with Gasteiger partial charge in [-0.2, -0.15) is 0 Å². The van der Waals surface area contributed by atoms with E-state index in [9.17, 15) is 4.79 Å². The van der Waals surface area contributed by atoms with Crippen molar-refractivity contribution in [2.45, 2.75) is 39.2 Å². The molecular weight excluding hydrogens is 264 g/mol. The zero-order valence-corrected chi connectivity index (χ0v) is 13.3. The first-order valence-electron chi connectivity index (χ1n) is 7.86. The van der Waals surface area contributed by atoms with Gasteiger partial charge in [0.25, 0.3) is 5.91 Å². The average Bonchev–Trinajstić information content (AvgIpc) is 2.49. The Labute approximate surface area is 127 Å². The van der Waals surface area contributed by atoms with Gasteiger partial charge < -0.3 is 15.5 Å². The lowest BCUT2D eigenvalue weighted by atomic mass is 10.0. The maximum absolute atomic E-state index is 12.4. The van der Waals surface area contributed by atoms with E-state index in [1.54, 1.807) is 0 Å². The van der Waals surface area contributed by atoms with E-state index in [1.807, 2.05) is 19.1 Å². The molecule has 1 aromatic rings. The number of carbonyl (C=O) groups is 1. The second-order valence-electron chi connectivity index (χ2n) is 5.67. The minimum Gasteiger partial charge on any atom is -0.370 e. The fourth-order valence-corrected chi connectivity index (χ4v) is 2.59. The number of carbonyl (C=O) groups excluding carboxylic acids is 1. The highest BCUT2D eigenvalue weighted by Crippen LogP contribution is 2.13. The van der Waals surface area contributed by atoms with E-state index in [-0.39, 0.29) is 11.9 Å². The molecule has 1 fully saturated rings. The number of aryl methyl sites for hydroxylation is 1. The predicted molar refractivity (Wildman–Crippen MR) is 85.8 cm³/mol. The number of hydrogen-bond donors (Lipinski definition) is 2. The Hall–Kier alpha value is -1.62. The Bertz CT molecular complexity index is 481. The number of amides is 1. The second kappa shape index (κ2) is 7.41. The minimum absolute atomic E-state index is 0.0146. The normalized spacial score (nSPS) is 16.7. The van der Waals surface area contributed by atoms with Gasteiger partial charge in [0.1, 0.15) is 5.82 Å². The molecule has 0 radical (unpaired) electrons. The lowest BCUT2D eigenvalue weighted by Crippen LogP contribution is -2.43.